The van der Waals surface area contributed by atoms with Crippen molar-refractivity contribution in [1.82, 2.24) is 4.90 Å². The fourth-order valence-electron chi connectivity index (χ4n) is 2.14. The summed E-state index contributed by atoms with van der Waals surface area (Å²) in [6, 6.07) is 0. The van der Waals surface area contributed by atoms with Crippen LogP contribution in [0.3, 0.4) is 0 Å². The van der Waals surface area contributed by atoms with Gasteiger partial charge in [0.25, 0.3) is 0 Å². The topological polar surface area (TPSA) is 49.8 Å². The van der Waals surface area contributed by atoms with E-state index < -0.39 is 11.2 Å². The Labute approximate surface area is 90.2 Å². The number of piperidine rings is 1. The molecule has 0 radical (unpaired) electrons. The molecule has 4 nitrogen and oxygen atoms in total. The molecule has 15 heavy (non-hydrogen) atoms. The summed E-state index contributed by atoms with van der Waals surface area (Å²) in [5.74, 6) is 0.413. The molecule has 0 spiro atoms. The maximum atomic E-state index is 11.7. The molecular formula is C11H19NO3. The summed E-state index contributed by atoms with van der Waals surface area (Å²) < 4.78 is 5.26. The van der Waals surface area contributed by atoms with Crippen LogP contribution in [0.1, 0.15) is 33.6 Å². The number of carbonyl (C=O) groups is 1. The van der Waals surface area contributed by atoms with Crippen LogP contribution in [0.4, 0.5) is 4.79 Å². The van der Waals surface area contributed by atoms with E-state index in [9.17, 15) is 9.90 Å². The number of ether oxygens (including phenoxy) is 1. The monoisotopic (exact) mass is 213 g/mol. The minimum Gasteiger partial charge on any atom is -0.444 e. The highest BCUT2D eigenvalue weighted by atomic mass is 16.6. The van der Waals surface area contributed by atoms with Gasteiger partial charge in [0.15, 0.2) is 0 Å². The predicted molar refractivity (Wildman–Crippen MR) is 55.5 cm³/mol. The number of aliphatic hydroxyl groups is 1. The molecular weight excluding hydrogens is 194 g/mol. The zero-order chi connectivity index (χ0) is 11.3. The number of amides is 1. The molecule has 4 heteroatoms. The van der Waals surface area contributed by atoms with Gasteiger partial charge in [-0.3, -0.25) is 0 Å². The zero-order valence-electron chi connectivity index (χ0n) is 9.62. The minimum absolute atomic E-state index is 0.304. The molecule has 2 fully saturated rings. The first-order chi connectivity index (χ1) is 6.80. The zero-order valence-corrected chi connectivity index (χ0v) is 9.62. The number of hydrogen-bond donors (Lipinski definition) is 1. The van der Waals surface area contributed by atoms with Crippen molar-refractivity contribution in [1.29, 1.82) is 0 Å². The molecule has 1 saturated carbocycles. The maximum Gasteiger partial charge on any atom is 0.410 e. The van der Waals surface area contributed by atoms with Gasteiger partial charge in [0, 0.05) is 6.54 Å². The summed E-state index contributed by atoms with van der Waals surface area (Å²) in [4.78, 5) is 13.3. The number of likely N-dealkylation sites (tertiary alicyclic amines) is 1. The Bertz CT molecular complexity index is 284. The maximum absolute atomic E-state index is 11.7. The van der Waals surface area contributed by atoms with Gasteiger partial charge in [-0.2, -0.15) is 0 Å². The molecule has 2 rings (SSSR count). The molecule has 1 aliphatic carbocycles. The lowest BCUT2D eigenvalue weighted by atomic mass is 10.1. The summed E-state index contributed by atoms with van der Waals surface area (Å²) in [6.07, 6.45) is 1.43. The van der Waals surface area contributed by atoms with Crippen LogP contribution in [0, 0.1) is 5.92 Å². The quantitative estimate of drug-likeness (QED) is 0.661. The van der Waals surface area contributed by atoms with E-state index >= 15 is 0 Å². The first-order valence-corrected chi connectivity index (χ1v) is 5.50. The summed E-state index contributed by atoms with van der Waals surface area (Å²) in [5, 5.41) is 9.92. The van der Waals surface area contributed by atoms with Gasteiger partial charge in [-0.1, -0.05) is 0 Å². The number of carbonyl (C=O) groups excluding carboxylic acids is 1. The molecule has 1 aliphatic heterocycles. The lowest BCUT2D eigenvalue weighted by Crippen LogP contribution is -2.45. The van der Waals surface area contributed by atoms with Gasteiger partial charge >= 0.3 is 6.09 Å². The number of nitrogens with zero attached hydrogens (tertiary/aromatic N) is 1. The third-order valence-electron chi connectivity index (χ3n) is 3.06. The summed E-state index contributed by atoms with van der Waals surface area (Å²) in [5.41, 5.74) is -1.06. The second-order valence-electron chi connectivity index (χ2n) is 5.70. The number of rotatable bonds is 0. The van der Waals surface area contributed by atoms with E-state index in [1.54, 1.807) is 4.90 Å². The third-order valence-corrected chi connectivity index (χ3v) is 3.06. The van der Waals surface area contributed by atoms with E-state index in [1.807, 2.05) is 20.8 Å². The van der Waals surface area contributed by atoms with Crippen LogP contribution < -0.4 is 0 Å². The molecule has 1 saturated heterocycles. The van der Waals surface area contributed by atoms with E-state index in [1.165, 1.54) is 0 Å². The van der Waals surface area contributed by atoms with Gasteiger partial charge in [0.2, 0.25) is 0 Å². The summed E-state index contributed by atoms with van der Waals surface area (Å²) >= 11 is 0. The van der Waals surface area contributed by atoms with Crippen molar-refractivity contribution < 1.29 is 14.6 Å². The van der Waals surface area contributed by atoms with E-state index in [-0.39, 0.29) is 6.09 Å². The van der Waals surface area contributed by atoms with Crippen LogP contribution in [-0.2, 0) is 4.74 Å². The fourth-order valence-corrected chi connectivity index (χ4v) is 2.14. The molecule has 2 atom stereocenters. The Hall–Kier alpha value is -0.770. The molecule has 0 aromatic heterocycles. The van der Waals surface area contributed by atoms with Crippen LogP contribution >= 0.6 is 0 Å². The first-order valence-electron chi connectivity index (χ1n) is 5.50. The summed E-state index contributed by atoms with van der Waals surface area (Å²) in [6.45, 7) is 6.70. The van der Waals surface area contributed by atoms with Crippen molar-refractivity contribution in [2.24, 2.45) is 5.92 Å². The number of hydrogen-bond acceptors (Lipinski definition) is 3. The van der Waals surface area contributed by atoms with E-state index in [0.717, 1.165) is 12.8 Å². The smallest absolute Gasteiger partial charge is 0.410 e. The molecule has 1 N–H and O–H groups in total. The van der Waals surface area contributed by atoms with E-state index in [4.69, 9.17) is 4.74 Å². The van der Waals surface area contributed by atoms with Crippen molar-refractivity contribution in [2.75, 3.05) is 13.1 Å². The highest BCUT2D eigenvalue weighted by Gasteiger charge is 2.56. The highest BCUT2D eigenvalue weighted by molar-refractivity contribution is 5.68. The largest absolute Gasteiger partial charge is 0.444 e. The first kappa shape index (κ1) is 10.7. The minimum atomic E-state index is -0.602. The van der Waals surface area contributed by atoms with Crippen molar-refractivity contribution in [3.63, 3.8) is 0 Å². The van der Waals surface area contributed by atoms with E-state index in [0.29, 0.717) is 19.0 Å². The van der Waals surface area contributed by atoms with Crippen molar-refractivity contribution >= 4 is 6.09 Å². The van der Waals surface area contributed by atoms with Crippen molar-refractivity contribution in [2.45, 2.75) is 44.8 Å². The molecule has 0 unspecified atom stereocenters. The SMILES string of the molecule is CC(C)(C)OC(=O)N1CC[C@@H]2C[C@]2(O)C1. The third kappa shape index (κ3) is 2.25. The Morgan fingerprint density at radius 1 is 1.53 bits per heavy atom. The molecule has 0 aromatic carbocycles. The molecule has 0 bridgehead atoms. The van der Waals surface area contributed by atoms with Crippen LogP contribution in [0.25, 0.3) is 0 Å². The standard InChI is InChI=1S/C11H19NO3/c1-10(2,3)15-9(13)12-5-4-8-6-11(8,14)7-12/h8,14H,4-7H2,1-3H3/t8-,11+/m1/s1. The number of β-amino-alcohol motifs (C(OH)–C–C–N with tert-alkyl or cyclic N) is 1. The van der Waals surface area contributed by atoms with Gasteiger partial charge in [0.1, 0.15) is 5.60 Å². The Morgan fingerprint density at radius 2 is 2.20 bits per heavy atom. The van der Waals surface area contributed by atoms with E-state index in [2.05, 4.69) is 0 Å². The molecule has 2 aliphatic rings. The second kappa shape index (κ2) is 3.11. The van der Waals surface area contributed by atoms with Gasteiger partial charge in [-0.05, 0) is 39.5 Å². The van der Waals surface area contributed by atoms with Gasteiger partial charge in [-0.15, -0.1) is 0 Å². The molecule has 1 amide bonds. The average Bonchev–Trinajstić information content (AvgIpc) is 2.71. The Kier molecular flexibility index (Phi) is 2.23. The lowest BCUT2D eigenvalue weighted by Gasteiger charge is -2.32. The lowest BCUT2D eigenvalue weighted by molar-refractivity contribution is -0.00159. The molecule has 86 valence electrons. The van der Waals surface area contributed by atoms with Gasteiger partial charge < -0.3 is 14.7 Å². The molecule has 1 heterocycles. The van der Waals surface area contributed by atoms with Crippen molar-refractivity contribution in [3.8, 4) is 0 Å². The van der Waals surface area contributed by atoms with Gasteiger partial charge in [0.05, 0.1) is 12.1 Å². The predicted octanol–water partition coefficient (Wildman–Crippen LogP) is 1.38. The highest BCUT2D eigenvalue weighted by Crippen LogP contribution is 2.49. The van der Waals surface area contributed by atoms with Crippen LogP contribution in [-0.4, -0.2) is 40.4 Å². The fraction of sp³-hybridized carbons (Fsp3) is 0.909. The van der Waals surface area contributed by atoms with Crippen LogP contribution in [0.2, 0.25) is 0 Å². The van der Waals surface area contributed by atoms with Crippen LogP contribution in [0.5, 0.6) is 0 Å². The van der Waals surface area contributed by atoms with Crippen LogP contribution in [0.15, 0.2) is 0 Å². The average molecular weight is 213 g/mol. The molecule has 0 aromatic rings. The van der Waals surface area contributed by atoms with Gasteiger partial charge in [-0.25, -0.2) is 4.79 Å². The number of fused-ring (bicyclic) bond motifs is 1. The Balaban J connectivity index is 1.91. The van der Waals surface area contributed by atoms with Crippen molar-refractivity contribution in [3.05, 3.63) is 0 Å². The second-order valence-corrected chi connectivity index (χ2v) is 5.70. The Morgan fingerprint density at radius 3 is 2.73 bits per heavy atom. The summed E-state index contributed by atoms with van der Waals surface area (Å²) in [7, 11) is 0. The normalized spacial score (nSPS) is 34.7.